The molecular formula is C10H19NO. The van der Waals surface area contributed by atoms with Gasteiger partial charge in [0.1, 0.15) is 5.72 Å². The fraction of sp³-hybridized carbons (Fsp3) is 1.00. The van der Waals surface area contributed by atoms with Crippen LogP contribution < -0.4 is 5.32 Å². The van der Waals surface area contributed by atoms with Crippen molar-refractivity contribution in [1.29, 1.82) is 0 Å². The van der Waals surface area contributed by atoms with Gasteiger partial charge >= 0.3 is 0 Å². The summed E-state index contributed by atoms with van der Waals surface area (Å²) in [4.78, 5) is 0. The van der Waals surface area contributed by atoms with E-state index in [0.717, 1.165) is 19.1 Å². The minimum atomic E-state index is 0.0532. The third-order valence-electron chi connectivity index (χ3n) is 3.43. The van der Waals surface area contributed by atoms with E-state index in [1.165, 1.54) is 19.3 Å². The Morgan fingerprint density at radius 3 is 2.83 bits per heavy atom. The lowest BCUT2D eigenvalue weighted by Crippen LogP contribution is -2.50. The van der Waals surface area contributed by atoms with E-state index in [-0.39, 0.29) is 5.72 Å². The van der Waals surface area contributed by atoms with Crippen LogP contribution in [0.15, 0.2) is 0 Å². The Balaban J connectivity index is 2.09. The lowest BCUT2D eigenvalue weighted by Gasteiger charge is -2.41. The van der Waals surface area contributed by atoms with Gasteiger partial charge in [-0.25, -0.2) is 0 Å². The van der Waals surface area contributed by atoms with Crippen molar-refractivity contribution in [2.75, 3.05) is 13.2 Å². The van der Waals surface area contributed by atoms with Gasteiger partial charge in [0, 0.05) is 6.54 Å². The molecule has 2 aliphatic rings. The second-order valence-electron chi connectivity index (χ2n) is 4.45. The number of nitrogens with one attached hydrogen (secondary N) is 1. The van der Waals surface area contributed by atoms with Gasteiger partial charge in [-0.3, -0.25) is 5.32 Å². The molecule has 2 nitrogen and oxygen atoms in total. The molecule has 0 radical (unpaired) electrons. The van der Waals surface area contributed by atoms with E-state index in [0.29, 0.717) is 5.92 Å². The summed E-state index contributed by atoms with van der Waals surface area (Å²) in [7, 11) is 0. The number of rotatable bonds is 0. The first-order valence-electron chi connectivity index (χ1n) is 5.12. The SMILES string of the molecule is CC1CCC(C)C2(C1)NCCO2. The minimum Gasteiger partial charge on any atom is -0.359 e. The molecule has 0 aromatic carbocycles. The quantitative estimate of drug-likeness (QED) is 0.596. The highest BCUT2D eigenvalue weighted by Crippen LogP contribution is 2.39. The highest BCUT2D eigenvalue weighted by molar-refractivity contribution is 4.92. The Morgan fingerprint density at radius 2 is 2.17 bits per heavy atom. The van der Waals surface area contributed by atoms with Crippen molar-refractivity contribution in [2.24, 2.45) is 11.8 Å². The Bertz CT molecular complexity index is 163. The molecule has 1 spiro atoms. The summed E-state index contributed by atoms with van der Waals surface area (Å²) in [5.74, 6) is 1.52. The molecule has 1 saturated carbocycles. The Kier molecular flexibility index (Phi) is 2.13. The van der Waals surface area contributed by atoms with Gasteiger partial charge < -0.3 is 4.74 Å². The normalized spacial score (nSPS) is 48.5. The summed E-state index contributed by atoms with van der Waals surface area (Å²) < 4.78 is 5.85. The van der Waals surface area contributed by atoms with E-state index in [1.54, 1.807) is 0 Å². The molecule has 12 heavy (non-hydrogen) atoms. The molecule has 70 valence electrons. The predicted octanol–water partition coefficient (Wildman–Crippen LogP) is 1.76. The van der Waals surface area contributed by atoms with Crippen molar-refractivity contribution in [1.82, 2.24) is 5.32 Å². The van der Waals surface area contributed by atoms with E-state index in [9.17, 15) is 0 Å². The molecule has 2 fully saturated rings. The molecule has 1 saturated heterocycles. The van der Waals surface area contributed by atoms with E-state index >= 15 is 0 Å². The van der Waals surface area contributed by atoms with Gasteiger partial charge in [-0.15, -0.1) is 0 Å². The van der Waals surface area contributed by atoms with Crippen LogP contribution in [0.1, 0.15) is 33.1 Å². The molecule has 0 bridgehead atoms. The van der Waals surface area contributed by atoms with Crippen molar-refractivity contribution in [2.45, 2.75) is 38.8 Å². The first-order valence-corrected chi connectivity index (χ1v) is 5.12. The zero-order valence-corrected chi connectivity index (χ0v) is 8.10. The molecule has 3 unspecified atom stereocenters. The van der Waals surface area contributed by atoms with E-state index in [4.69, 9.17) is 4.74 Å². The van der Waals surface area contributed by atoms with Gasteiger partial charge in [0.2, 0.25) is 0 Å². The fourth-order valence-electron chi connectivity index (χ4n) is 2.58. The first kappa shape index (κ1) is 8.52. The molecule has 1 aliphatic carbocycles. The van der Waals surface area contributed by atoms with Gasteiger partial charge in [0.05, 0.1) is 6.61 Å². The van der Waals surface area contributed by atoms with Crippen LogP contribution in [0.25, 0.3) is 0 Å². The van der Waals surface area contributed by atoms with Crippen LogP contribution in [0, 0.1) is 11.8 Å². The van der Waals surface area contributed by atoms with Crippen molar-refractivity contribution < 1.29 is 4.74 Å². The van der Waals surface area contributed by atoms with E-state index in [2.05, 4.69) is 19.2 Å². The highest BCUT2D eigenvalue weighted by Gasteiger charge is 2.43. The molecule has 1 heterocycles. The molecule has 2 rings (SSSR count). The lowest BCUT2D eigenvalue weighted by molar-refractivity contribution is -0.0892. The van der Waals surface area contributed by atoms with Gasteiger partial charge in [0.25, 0.3) is 0 Å². The van der Waals surface area contributed by atoms with Crippen LogP contribution in [-0.4, -0.2) is 18.9 Å². The zero-order chi connectivity index (χ0) is 8.60. The molecule has 1 N–H and O–H groups in total. The average molecular weight is 169 g/mol. The average Bonchev–Trinajstić information content (AvgIpc) is 2.48. The lowest BCUT2D eigenvalue weighted by atomic mass is 9.77. The van der Waals surface area contributed by atoms with Crippen molar-refractivity contribution in [3.63, 3.8) is 0 Å². The Labute approximate surface area is 74.7 Å². The second kappa shape index (κ2) is 3.00. The standard InChI is InChI=1S/C10H19NO/c1-8-3-4-9(2)10(7-8)11-5-6-12-10/h8-9,11H,3-7H2,1-2H3. The summed E-state index contributed by atoms with van der Waals surface area (Å²) >= 11 is 0. The molecule has 1 aliphatic heterocycles. The maximum atomic E-state index is 5.85. The van der Waals surface area contributed by atoms with E-state index in [1.807, 2.05) is 0 Å². The third kappa shape index (κ3) is 1.27. The van der Waals surface area contributed by atoms with Gasteiger partial charge in [-0.2, -0.15) is 0 Å². The van der Waals surface area contributed by atoms with Crippen molar-refractivity contribution >= 4 is 0 Å². The maximum Gasteiger partial charge on any atom is 0.122 e. The van der Waals surface area contributed by atoms with Crippen LogP contribution in [0.3, 0.4) is 0 Å². The molecule has 0 aromatic heterocycles. The zero-order valence-electron chi connectivity index (χ0n) is 8.10. The number of hydrogen-bond acceptors (Lipinski definition) is 2. The molecule has 0 amide bonds. The number of ether oxygens (including phenoxy) is 1. The molecule has 3 atom stereocenters. The van der Waals surface area contributed by atoms with Gasteiger partial charge in [0.15, 0.2) is 0 Å². The molecule has 0 aromatic rings. The fourth-order valence-corrected chi connectivity index (χ4v) is 2.58. The first-order chi connectivity index (χ1) is 5.73. The topological polar surface area (TPSA) is 21.3 Å². The largest absolute Gasteiger partial charge is 0.359 e. The maximum absolute atomic E-state index is 5.85. The van der Waals surface area contributed by atoms with Crippen LogP contribution in [0.4, 0.5) is 0 Å². The summed E-state index contributed by atoms with van der Waals surface area (Å²) in [6.07, 6.45) is 3.89. The van der Waals surface area contributed by atoms with Crippen molar-refractivity contribution in [3.05, 3.63) is 0 Å². The minimum absolute atomic E-state index is 0.0532. The summed E-state index contributed by atoms with van der Waals surface area (Å²) in [6.45, 7) is 6.58. The highest BCUT2D eigenvalue weighted by atomic mass is 16.5. The van der Waals surface area contributed by atoms with Gasteiger partial charge in [-0.1, -0.05) is 20.3 Å². The molecule has 2 heteroatoms. The summed E-state index contributed by atoms with van der Waals surface area (Å²) in [5.41, 5.74) is 0.0532. The smallest absolute Gasteiger partial charge is 0.122 e. The second-order valence-corrected chi connectivity index (χ2v) is 4.45. The van der Waals surface area contributed by atoms with Gasteiger partial charge in [-0.05, 0) is 24.7 Å². The summed E-state index contributed by atoms with van der Waals surface area (Å²) in [6, 6.07) is 0. The van der Waals surface area contributed by atoms with Crippen molar-refractivity contribution in [3.8, 4) is 0 Å². The third-order valence-corrected chi connectivity index (χ3v) is 3.43. The Morgan fingerprint density at radius 1 is 1.33 bits per heavy atom. The van der Waals surface area contributed by atoms with Crippen LogP contribution >= 0.6 is 0 Å². The molecular weight excluding hydrogens is 150 g/mol. The predicted molar refractivity (Wildman–Crippen MR) is 48.9 cm³/mol. The van der Waals surface area contributed by atoms with Crippen LogP contribution in [0.5, 0.6) is 0 Å². The summed E-state index contributed by atoms with van der Waals surface area (Å²) in [5, 5.41) is 3.53. The van der Waals surface area contributed by atoms with Crippen LogP contribution in [-0.2, 0) is 4.74 Å². The monoisotopic (exact) mass is 169 g/mol. The van der Waals surface area contributed by atoms with E-state index < -0.39 is 0 Å². The van der Waals surface area contributed by atoms with Crippen LogP contribution in [0.2, 0.25) is 0 Å². The number of hydrogen-bond donors (Lipinski definition) is 1. The Hall–Kier alpha value is -0.0800.